The molecule has 4 N–H and O–H groups in total. The van der Waals surface area contributed by atoms with Gasteiger partial charge in [-0.05, 0) is 54.1 Å². The lowest BCUT2D eigenvalue weighted by Crippen LogP contribution is -2.17. The van der Waals surface area contributed by atoms with Crippen LogP contribution in [0.2, 0.25) is 0 Å². The average Bonchev–Trinajstić information content (AvgIpc) is 2.10. The zero-order valence-electron chi connectivity index (χ0n) is 8.13. The topological polar surface area (TPSA) is 58.3 Å². The Morgan fingerprint density at radius 3 is 2.86 bits per heavy atom. The van der Waals surface area contributed by atoms with E-state index in [0.717, 1.165) is 21.4 Å². The Morgan fingerprint density at radius 1 is 1.57 bits per heavy atom. The first-order valence-electron chi connectivity index (χ1n) is 4.56. The number of halogens is 1. The minimum Gasteiger partial charge on any atom is -0.399 e. The van der Waals surface area contributed by atoms with Crippen LogP contribution in [0.3, 0.4) is 0 Å². The summed E-state index contributed by atoms with van der Waals surface area (Å²) in [6.45, 7) is 2.25. The van der Waals surface area contributed by atoms with Gasteiger partial charge >= 0.3 is 0 Å². The Bertz CT molecular complexity index is 304. The third-order valence-electron chi connectivity index (χ3n) is 1.96. The summed E-state index contributed by atoms with van der Waals surface area (Å²) in [4.78, 5) is 0. The summed E-state index contributed by atoms with van der Waals surface area (Å²) in [6.07, 6.45) is 0.750. The van der Waals surface area contributed by atoms with Crippen molar-refractivity contribution in [3.05, 3.63) is 21.8 Å². The highest BCUT2D eigenvalue weighted by Crippen LogP contribution is 2.21. The van der Waals surface area contributed by atoms with E-state index in [1.807, 2.05) is 25.1 Å². The third kappa shape index (κ3) is 3.34. The van der Waals surface area contributed by atoms with E-state index >= 15 is 0 Å². The highest BCUT2D eigenvalue weighted by Gasteiger charge is 2.04. The molecule has 1 unspecified atom stereocenters. The van der Waals surface area contributed by atoms with E-state index in [4.69, 9.17) is 10.8 Å². The second-order valence-electron chi connectivity index (χ2n) is 3.30. The first-order valence-corrected chi connectivity index (χ1v) is 5.63. The molecule has 0 aliphatic heterocycles. The van der Waals surface area contributed by atoms with Crippen LogP contribution in [-0.2, 0) is 0 Å². The number of hydrogen-bond acceptors (Lipinski definition) is 3. The number of nitrogens with one attached hydrogen (secondary N) is 1. The molecule has 0 aromatic heterocycles. The van der Waals surface area contributed by atoms with Crippen molar-refractivity contribution in [2.45, 2.75) is 19.4 Å². The van der Waals surface area contributed by atoms with Gasteiger partial charge in [-0.15, -0.1) is 0 Å². The Morgan fingerprint density at radius 2 is 2.29 bits per heavy atom. The molecule has 0 bridgehead atoms. The fraction of sp³-hybridized carbons (Fsp3) is 0.400. The Balaban J connectivity index is 2.67. The predicted octanol–water partition coefficient (Wildman–Crippen LogP) is 2.06. The van der Waals surface area contributed by atoms with Gasteiger partial charge in [0.15, 0.2) is 0 Å². The molecule has 0 amide bonds. The second kappa shape index (κ2) is 5.41. The van der Waals surface area contributed by atoms with Gasteiger partial charge in [0, 0.05) is 27.6 Å². The van der Waals surface area contributed by atoms with Crippen molar-refractivity contribution in [3.63, 3.8) is 0 Å². The Labute approximate surface area is 97.8 Å². The van der Waals surface area contributed by atoms with Crippen LogP contribution in [0.4, 0.5) is 11.4 Å². The molecule has 0 aliphatic carbocycles. The number of aliphatic hydroxyl groups is 1. The molecule has 14 heavy (non-hydrogen) atoms. The standard InChI is InChI=1S/C10H15IN2O/c1-7(4-5-14)13-10-3-2-8(12)6-9(10)11/h2-3,6-7,13-14H,4-5,12H2,1H3. The van der Waals surface area contributed by atoms with E-state index in [1.54, 1.807) is 0 Å². The summed E-state index contributed by atoms with van der Waals surface area (Å²) in [6, 6.07) is 6.03. The molecule has 3 nitrogen and oxygen atoms in total. The lowest BCUT2D eigenvalue weighted by Gasteiger charge is -2.15. The highest BCUT2D eigenvalue weighted by molar-refractivity contribution is 14.1. The molecule has 0 heterocycles. The van der Waals surface area contributed by atoms with E-state index in [0.29, 0.717) is 0 Å². The molecular weight excluding hydrogens is 291 g/mol. The molecule has 0 spiro atoms. The van der Waals surface area contributed by atoms with Gasteiger partial charge in [-0.1, -0.05) is 0 Å². The van der Waals surface area contributed by atoms with Gasteiger partial charge in [0.05, 0.1) is 0 Å². The quantitative estimate of drug-likeness (QED) is 0.589. The third-order valence-corrected chi connectivity index (χ3v) is 2.85. The van der Waals surface area contributed by atoms with Crippen LogP contribution in [0.1, 0.15) is 13.3 Å². The van der Waals surface area contributed by atoms with Gasteiger partial charge in [-0.3, -0.25) is 0 Å². The maximum atomic E-state index is 8.77. The monoisotopic (exact) mass is 306 g/mol. The number of anilines is 2. The van der Waals surface area contributed by atoms with Crippen molar-refractivity contribution in [2.75, 3.05) is 17.7 Å². The van der Waals surface area contributed by atoms with Crippen LogP contribution in [0.15, 0.2) is 18.2 Å². The van der Waals surface area contributed by atoms with Crippen LogP contribution in [0.25, 0.3) is 0 Å². The summed E-state index contributed by atoms with van der Waals surface area (Å²) < 4.78 is 1.10. The summed E-state index contributed by atoms with van der Waals surface area (Å²) in [5.41, 5.74) is 7.49. The average molecular weight is 306 g/mol. The Hall–Kier alpha value is -0.490. The molecule has 1 atom stereocenters. The zero-order chi connectivity index (χ0) is 10.6. The summed E-state index contributed by atoms with van der Waals surface area (Å²) in [5, 5.41) is 12.1. The summed E-state index contributed by atoms with van der Waals surface area (Å²) in [7, 11) is 0. The normalized spacial score (nSPS) is 12.5. The van der Waals surface area contributed by atoms with E-state index in [9.17, 15) is 0 Å². The van der Waals surface area contributed by atoms with Gasteiger partial charge in [0.2, 0.25) is 0 Å². The lowest BCUT2D eigenvalue weighted by molar-refractivity contribution is 0.282. The fourth-order valence-electron chi connectivity index (χ4n) is 1.18. The van der Waals surface area contributed by atoms with Gasteiger partial charge < -0.3 is 16.2 Å². The molecule has 0 aliphatic rings. The number of rotatable bonds is 4. The van der Waals surface area contributed by atoms with Crippen molar-refractivity contribution in [2.24, 2.45) is 0 Å². The lowest BCUT2D eigenvalue weighted by atomic mass is 10.2. The van der Waals surface area contributed by atoms with Crippen LogP contribution in [-0.4, -0.2) is 17.8 Å². The van der Waals surface area contributed by atoms with Crippen molar-refractivity contribution < 1.29 is 5.11 Å². The summed E-state index contributed by atoms with van der Waals surface area (Å²) >= 11 is 2.24. The highest BCUT2D eigenvalue weighted by atomic mass is 127. The molecule has 4 heteroatoms. The van der Waals surface area contributed by atoms with E-state index in [2.05, 4.69) is 27.9 Å². The van der Waals surface area contributed by atoms with E-state index in [-0.39, 0.29) is 12.6 Å². The predicted molar refractivity (Wildman–Crippen MR) is 68.4 cm³/mol. The van der Waals surface area contributed by atoms with E-state index < -0.39 is 0 Å². The maximum Gasteiger partial charge on any atom is 0.0479 e. The van der Waals surface area contributed by atoms with Crippen molar-refractivity contribution in [1.29, 1.82) is 0 Å². The zero-order valence-corrected chi connectivity index (χ0v) is 10.3. The van der Waals surface area contributed by atoms with Crippen molar-refractivity contribution >= 4 is 34.0 Å². The molecular formula is C10H15IN2O. The Kier molecular flexibility index (Phi) is 4.47. The van der Waals surface area contributed by atoms with Gasteiger partial charge in [0.25, 0.3) is 0 Å². The molecule has 0 fully saturated rings. The SMILES string of the molecule is CC(CCO)Nc1ccc(N)cc1I. The molecule has 78 valence electrons. The van der Waals surface area contributed by atoms with Crippen LogP contribution >= 0.6 is 22.6 Å². The molecule has 0 saturated carbocycles. The summed E-state index contributed by atoms with van der Waals surface area (Å²) in [5.74, 6) is 0. The van der Waals surface area contributed by atoms with Crippen LogP contribution < -0.4 is 11.1 Å². The minimum absolute atomic E-state index is 0.208. The van der Waals surface area contributed by atoms with Crippen molar-refractivity contribution in [3.8, 4) is 0 Å². The number of aliphatic hydroxyl groups excluding tert-OH is 1. The first kappa shape index (κ1) is 11.6. The van der Waals surface area contributed by atoms with Crippen LogP contribution in [0, 0.1) is 3.57 Å². The maximum absolute atomic E-state index is 8.77. The smallest absolute Gasteiger partial charge is 0.0479 e. The van der Waals surface area contributed by atoms with E-state index in [1.165, 1.54) is 0 Å². The van der Waals surface area contributed by atoms with Gasteiger partial charge in [0.1, 0.15) is 0 Å². The number of nitrogen functional groups attached to an aromatic ring is 1. The fourth-order valence-corrected chi connectivity index (χ4v) is 1.87. The first-order chi connectivity index (χ1) is 6.63. The van der Waals surface area contributed by atoms with Crippen LogP contribution in [0.5, 0.6) is 0 Å². The molecule has 1 aromatic rings. The molecule has 1 aromatic carbocycles. The largest absolute Gasteiger partial charge is 0.399 e. The van der Waals surface area contributed by atoms with Crippen molar-refractivity contribution in [1.82, 2.24) is 0 Å². The molecule has 0 radical (unpaired) electrons. The number of nitrogens with two attached hydrogens (primary N) is 1. The second-order valence-corrected chi connectivity index (χ2v) is 4.46. The minimum atomic E-state index is 0.208. The molecule has 0 saturated heterocycles. The number of benzene rings is 1. The van der Waals surface area contributed by atoms with Gasteiger partial charge in [-0.25, -0.2) is 0 Å². The molecule has 1 rings (SSSR count). The van der Waals surface area contributed by atoms with Gasteiger partial charge in [-0.2, -0.15) is 0 Å². The number of hydrogen-bond donors (Lipinski definition) is 3.